The molecular formula is C10H19BrO. The Bertz CT molecular complexity index is 156. The first-order valence-corrected chi connectivity index (χ1v) is 5.69. The van der Waals surface area contributed by atoms with Gasteiger partial charge in [-0.3, -0.25) is 0 Å². The molecule has 0 amide bonds. The molecule has 12 heavy (non-hydrogen) atoms. The maximum absolute atomic E-state index is 5.89. The summed E-state index contributed by atoms with van der Waals surface area (Å²) in [6.07, 6.45) is 3.14. The number of rotatable bonds is 3. The maximum atomic E-state index is 5.89. The van der Waals surface area contributed by atoms with Gasteiger partial charge in [-0.2, -0.15) is 0 Å². The molecule has 1 saturated carbocycles. The molecule has 3 atom stereocenters. The standard InChI is InChI=1S/C10H19BrO/c1-5-7(2)12-9-6-8(11)10(9,3)4/h7-9H,5-6H2,1-4H3. The molecule has 0 bridgehead atoms. The van der Waals surface area contributed by atoms with Crippen LogP contribution in [-0.4, -0.2) is 17.0 Å². The molecule has 0 spiro atoms. The fourth-order valence-electron chi connectivity index (χ4n) is 1.44. The van der Waals surface area contributed by atoms with E-state index in [9.17, 15) is 0 Å². The zero-order valence-electron chi connectivity index (χ0n) is 8.43. The Kier molecular flexibility index (Phi) is 3.21. The number of ether oxygens (including phenoxy) is 1. The van der Waals surface area contributed by atoms with Gasteiger partial charge in [-0.25, -0.2) is 0 Å². The lowest BCUT2D eigenvalue weighted by Gasteiger charge is -2.49. The van der Waals surface area contributed by atoms with Crippen molar-refractivity contribution in [3.63, 3.8) is 0 Å². The topological polar surface area (TPSA) is 9.23 Å². The summed E-state index contributed by atoms with van der Waals surface area (Å²) in [7, 11) is 0. The minimum absolute atomic E-state index is 0.323. The average molecular weight is 235 g/mol. The van der Waals surface area contributed by atoms with E-state index in [1.54, 1.807) is 0 Å². The van der Waals surface area contributed by atoms with E-state index in [0.717, 1.165) is 12.8 Å². The van der Waals surface area contributed by atoms with Crippen molar-refractivity contribution in [2.75, 3.05) is 0 Å². The highest BCUT2D eigenvalue weighted by atomic mass is 79.9. The van der Waals surface area contributed by atoms with Crippen molar-refractivity contribution in [3.05, 3.63) is 0 Å². The average Bonchev–Trinajstić information content (AvgIpc) is 2.03. The third kappa shape index (κ3) is 1.85. The second-order valence-corrected chi connectivity index (χ2v) is 5.47. The molecule has 2 heteroatoms. The van der Waals surface area contributed by atoms with Crippen LogP contribution in [0.5, 0.6) is 0 Å². The van der Waals surface area contributed by atoms with E-state index in [1.807, 2.05) is 0 Å². The van der Waals surface area contributed by atoms with Gasteiger partial charge in [-0.1, -0.05) is 36.7 Å². The number of hydrogen-bond acceptors (Lipinski definition) is 1. The molecule has 0 aromatic heterocycles. The number of halogens is 1. The molecule has 1 aliphatic carbocycles. The first kappa shape index (κ1) is 10.5. The van der Waals surface area contributed by atoms with E-state index in [4.69, 9.17) is 4.74 Å². The highest BCUT2D eigenvalue weighted by Gasteiger charge is 2.47. The normalized spacial score (nSPS) is 35.8. The van der Waals surface area contributed by atoms with Crippen molar-refractivity contribution in [2.24, 2.45) is 5.41 Å². The lowest BCUT2D eigenvalue weighted by Crippen LogP contribution is -2.52. The summed E-state index contributed by atoms with van der Waals surface area (Å²) in [6, 6.07) is 0. The van der Waals surface area contributed by atoms with Gasteiger partial charge in [0, 0.05) is 10.2 Å². The van der Waals surface area contributed by atoms with Crippen molar-refractivity contribution in [1.82, 2.24) is 0 Å². The molecule has 0 radical (unpaired) electrons. The fourth-order valence-corrected chi connectivity index (χ4v) is 2.08. The summed E-state index contributed by atoms with van der Waals surface area (Å²) in [5.74, 6) is 0. The van der Waals surface area contributed by atoms with Crippen molar-refractivity contribution < 1.29 is 4.74 Å². The molecule has 0 aromatic rings. The Balaban J connectivity index is 2.37. The summed E-state index contributed by atoms with van der Waals surface area (Å²) < 4.78 is 5.89. The van der Waals surface area contributed by atoms with E-state index in [0.29, 0.717) is 22.5 Å². The molecule has 1 nitrogen and oxygen atoms in total. The quantitative estimate of drug-likeness (QED) is 0.681. The number of alkyl halides is 1. The Morgan fingerprint density at radius 1 is 1.58 bits per heavy atom. The van der Waals surface area contributed by atoms with Crippen molar-refractivity contribution in [3.8, 4) is 0 Å². The van der Waals surface area contributed by atoms with Gasteiger partial charge in [0.15, 0.2) is 0 Å². The van der Waals surface area contributed by atoms with Crippen LogP contribution in [0.3, 0.4) is 0 Å². The lowest BCUT2D eigenvalue weighted by atomic mass is 9.69. The maximum Gasteiger partial charge on any atom is 0.0651 e. The van der Waals surface area contributed by atoms with Crippen LogP contribution in [-0.2, 0) is 4.74 Å². The van der Waals surface area contributed by atoms with Crippen LogP contribution in [0.25, 0.3) is 0 Å². The molecule has 1 fully saturated rings. The zero-order chi connectivity index (χ0) is 9.35. The van der Waals surface area contributed by atoms with Gasteiger partial charge in [-0.05, 0) is 19.8 Å². The molecule has 1 aliphatic rings. The molecule has 0 aromatic carbocycles. The third-order valence-corrected chi connectivity index (χ3v) is 4.58. The van der Waals surface area contributed by atoms with E-state index in [1.165, 1.54) is 0 Å². The highest BCUT2D eigenvalue weighted by Crippen LogP contribution is 2.47. The first-order chi connectivity index (χ1) is 5.48. The van der Waals surface area contributed by atoms with E-state index >= 15 is 0 Å². The van der Waals surface area contributed by atoms with Gasteiger partial charge >= 0.3 is 0 Å². The minimum atomic E-state index is 0.323. The molecule has 3 unspecified atom stereocenters. The van der Waals surface area contributed by atoms with Crippen LogP contribution in [0.4, 0.5) is 0 Å². The fraction of sp³-hybridized carbons (Fsp3) is 1.00. The molecule has 0 aliphatic heterocycles. The van der Waals surface area contributed by atoms with Gasteiger partial charge in [0.1, 0.15) is 0 Å². The molecular weight excluding hydrogens is 216 g/mol. The monoisotopic (exact) mass is 234 g/mol. The van der Waals surface area contributed by atoms with Crippen LogP contribution in [0.15, 0.2) is 0 Å². The van der Waals surface area contributed by atoms with Crippen molar-refractivity contribution >= 4 is 15.9 Å². The van der Waals surface area contributed by atoms with Crippen LogP contribution < -0.4 is 0 Å². The summed E-state index contributed by atoms with van der Waals surface area (Å²) >= 11 is 3.65. The van der Waals surface area contributed by atoms with Crippen LogP contribution in [0, 0.1) is 5.41 Å². The van der Waals surface area contributed by atoms with Crippen molar-refractivity contribution in [1.29, 1.82) is 0 Å². The van der Waals surface area contributed by atoms with Gasteiger partial charge in [0.2, 0.25) is 0 Å². The summed E-state index contributed by atoms with van der Waals surface area (Å²) in [4.78, 5) is 0.638. The van der Waals surface area contributed by atoms with Crippen molar-refractivity contribution in [2.45, 2.75) is 57.6 Å². The summed E-state index contributed by atoms with van der Waals surface area (Å²) in [6.45, 7) is 8.85. The molecule has 72 valence electrons. The Hall–Kier alpha value is 0.440. The minimum Gasteiger partial charge on any atom is -0.375 e. The van der Waals surface area contributed by atoms with Crippen LogP contribution in [0.1, 0.15) is 40.5 Å². The van der Waals surface area contributed by atoms with Crippen LogP contribution >= 0.6 is 15.9 Å². The van der Waals surface area contributed by atoms with Gasteiger partial charge in [-0.15, -0.1) is 0 Å². The van der Waals surface area contributed by atoms with Gasteiger partial charge in [0.05, 0.1) is 12.2 Å². The van der Waals surface area contributed by atoms with E-state index in [-0.39, 0.29) is 0 Å². The molecule has 0 N–H and O–H groups in total. The Morgan fingerprint density at radius 2 is 2.17 bits per heavy atom. The largest absolute Gasteiger partial charge is 0.375 e. The van der Waals surface area contributed by atoms with Gasteiger partial charge in [0.25, 0.3) is 0 Å². The van der Waals surface area contributed by atoms with E-state index < -0.39 is 0 Å². The molecule has 1 rings (SSSR count). The second kappa shape index (κ2) is 3.67. The van der Waals surface area contributed by atoms with Crippen LogP contribution in [0.2, 0.25) is 0 Å². The smallest absolute Gasteiger partial charge is 0.0651 e. The molecule has 0 saturated heterocycles. The zero-order valence-corrected chi connectivity index (χ0v) is 10.0. The SMILES string of the molecule is CCC(C)OC1CC(Br)C1(C)C. The summed E-state index contributed by atoms with van der Waals surface area (Å²) in [5, 5.41) is 0. The molecule has 0 heterocycles. The Labute approximate surface area is 84.0 Å². The first-order valence-electron chi connectivity index (χ1n) is 4.78. The van der Waals surface area contributed by atoms with Gasteiger partial charge < -0.3 is 4.74 Å². The lowest BCUT2D eigenvalue weighted by molar-refractivity contribution is -0.116. The Morgan fingerprint density at radius 3 is 2.50 bits per heavy atom. The summed E-state index contributed by atoms with van der Waals surface area (Å²) in [5.41, 5.74) is 0.323. The third-order valence-electron chi connectivity index (χ3n) is 3.03. The predicted octanol–water partition coefficient (Wildman–Crippen LogP) is 3.36. The predicted molar refractivity (Wildman–Crippen MR) is 55.7 cm³/mol. The number of hydrogen-bond donors (Lipinski definition) is 0. The highest BCUT2D eigenvalue weighted by molar-refractivity contribution is 9.09. The van der Waals surface area contributed by atoms with E-state index in [2.05, 4.69) is 43.6 Å². The second-order valence-electron chi connectivity index (χ2n) is 4.37.